The molecule has 3 rings (SSSR count). The third-order valence-corrected chi connectivity index (χ3v) is 3.65. The zero-order valence-electron chi connectivity index (χ0n) is 13.7. The fourth-order valence-corrected chi connectivity index (χ4v) is 2.30. The number of halogens is 1. The largest absolute Gasteiger partial charge is 0.489 e. The molecular formula is C19H17FN2O3. The molecule has 128 valence electrons. The quantitative estimate of drug-likeness (QED) is 0.546. The van der Waals surface area contributed by atoms with Crippen LogP contribution >= 0.6 is 0 Å². The number of esters is 1. The Morgan fingerprint density at radius 1 is 1.20 bits per heavy atom. The summed E-state index contributed by atoms with van der Waals surface area (Å²) >= 11 is 0. The lowest BCUT2D eigenvalue weighted by atomic mass is 10.2. The van der Waals surface area contributed by atoms with Gasteiger partial charge in [0.15, 0.2) is 17.3 Å². The molecule has 1 heterocycles. The molecule has 0 aliphatic carbocycles. The van der Waals surface area contributed by atoms with E-state index in [4.69, 9.17) is 9.47 Å². The predicted molar refractivity (Wildman–Crippen MR) is 90.1 cm³/mol. The van der Waals surface area contributed by atoms with Crippen molar-refractivity contribution in [2.45, 2.75) is 20.0 Å². The van der Waals surface area contributed by atoms with Gasteiger partial charge < -0.3 is 9.47 Å². The van der Waals surface area contributed by atoms with Crippen molar-refractivity contribution in [3.05, 3.63) is 77.4 Å². The topological polar surface area (TPSA) is 64.2 Å². The average molecular weight is 340 g/mol. The van der Waals surface area contributed by atoms with Crippen molar-refractivity contribution in [2.24, 2.45) is 0 Å². The summed E-state index contributed by atoms with van der Waals surface area (Å²) in [7, 11) is 0. The van der Waals surface area contributed by atoms with Crippen molar-refractivity contribution < 1.29 is 18.7 Å². The van der Waals surface area contributed by atoms with Crippen LogP contribution in [0.4, 0.5) is 4.39 Å². The van der Waals surface area contributed by atoms with Crippen molar-refractivity contribution >= 4 is 5.97 Å². The number of nitrogens with one attached hydrogen (secondary N) is 1. The van der Waals surface area contributed by atoms with Crippen molar-refractivity contribution in [1.29, 1.82) is 0 Å². The van der Waals surface area contributed by atoms with E-state index in [1.807, 2.05) is 37.3 Å². The van der Waals surface area contributed by atoms with Gasteiger partial charge in [-0.3, -0.25) is 5.10 Å². The second-order valence-corrected chi connectivity index (χ2v) is 5.37. The molecule has 0 unspecified atom stereocenters. The summed E-state index contributed by atoms with van der Waals surface area (Å²) in [6.07, 6.45) is 2.24. The van der Waals surface area contributed by atoms with E-state index in [0.717, 1.165) is 5.56 Å². The first kappa shape index (κ1) is 16.7. The van der Waals surface area contributed by atoms with Gasteiger partial charge in [-0.05, 0) is 24.1 Å². The molecule has 1 aromatic heterocycles. The minimum atomic E-state index is -0.699. The Bertz CT molecular complexity index is 862. The average Bonchev–Trinajstić information content (AvgIpc) is 3.12. The van der Waals surface area contributed by atoms with Crippen LogP contribution in [0.1, 0.15) is 28.5 Å². The molecule has 0 saturated heterocycles. The molecule has 0 radical (unpaired) electrons. The Morgan fingerprint density at radius 2 is 2.00 bits per heavy atom. The molecule has 5 nitrogen and oxygen atoms in total. The van der Waals surface area contributed by atoms with Gasteiger partial charge in [0.25, 0.3) is 0 Å². The molecule has 0 saturated carbocycles. The van der Waals surface area contributed by atoms with Gasteiger partial charge in [-0.15, -0.1) is 0 Å². The smallest absolute Gasteiger partial charge is 0.364 e. The first-order valence-corrected chi connectivity index (χ1v) is 7.88. The number of aryl methyl sites for hydroxylation is 1. The molecule has 0 atom stereocenters. The van der Waals surface area contributed by atoms with Crippen LogP contribution in [0.2, 0.25) is 0 Å². The van der Waals surface area contributed by atoms with Crippen LogP contribution in [0.5, 0.6) is 11.5 Å². The summed E-state index contributed by atoms with van der Waals surface area (Å²) in [6.45, 7) is 2.22. The van der Waals surface area contributed by atoms with Gasteiger partial charge in [-0.1, -0.05) is 37.3 Å². The Balaban J connectivity index is 1.66. The summed E-state index contributed by atoms with van der Waals surface area (Å²) in [5.41, 5.74) is 1.85. The Labute approximate surface area is 144 Å². The van der Waals surface area contributed by atoms with E-state index in [9.17, 15) is 9.18 Å². The lowest BCUT2D eigenvalue weighted by molar-refractivity contribution is 0.0720. The number of benzene rings is 2. The normalized spacial score (nSPS) is 10.5. The van der Waals surface area contributed by atoms with Crippen molar-refractivity contribution in [3.63, 3.8) is 0 Å². The van der Waals surface area contributed by atoms with Crippen LogP contribution in [0, 0.1) is 5.82 Å². The molecule has 6 heteroatoms. The van der Waals surface area contributed by atoms with Crippen LogP contribution in [-0.2, 0) is 13.0 Å². The monoisotopic (exact) mass is 340 g/mol. The van der Waals surface area contributed by atoms with Gasteiger partial charge in [0.1, 0.15) is 12.4 Å². The summed E-state index contributed by atoms with van der Waals surface area (Å²) in [5.74, 6) is -1.18. The number of H-pyrrole nitrogens is 1. The maximum atomic E-state index is 14.2. The first-order valence-electron chi connectivity index (χ1n) is 7.88. The summed E-state index contributed by atoms with van der Waals surface area (Å²) < 4.78 is 24.8. The number of aromatic nitrogens is 2. The van der Waals surface area contributed by atoms with E-state index in [2.05, 4.69) is 10.2 Å². The Kier molecular flexibility index (Phi) is 5.09. The maximum Gasteiger partial charge on any atom is 0.364 e. The zero-order valence-corrected chi connectivity index (χ0v) is 13.7. The van der Waals surface area contributed by atoms with Gasteiger partial charge in [-0.25, -0.2) is 9.18 Å². The molecular weight excluding hydrogens is 323 g/mol. The first-order chi connectivity index (χ1) is 12.2. The van der Waals surface area contributed by atoms with E-state index in [0.29, 0.717) is 24.3 Å². The third-order valence-electron chi connectivity index (χ3n) is 3.65. The van der Waals surface area contributed by atoms with E-state index in [1.165, 1.54) is 12.1 Å². The number of aromatic amines is 1. The number of rotatable bonds is 6. The lowest BCUT2D eigenvalue weighted by Crippen LogP contribution is -2.12. The second-order valence-electron chi connectivity index (χ2n) is 5.37. The van der Waals surface area contributed by atoms with E-state index in [-0.39, 0.29) is 11.4 Å². The van der Waals surface area contributed by atoms with E-state index < -0.39 is 11.8 Å². The number of hydrogen-bond acceptors (Lipinski definition) is 4. The molecule has 25 heavy (non-hydrogen) atoms. The van der Waals surface area contributed by atoms with Crippen LogP contribution in [-0.4, -0.2) is 16.2 Å². The SMILES string of the molecule is CCc1c[nH]nc1C(=O)Oc1ccc(OCc2ccccc2)cc1F. The van der Waals surface area contributed by atoms with Gasteiger partial charge in [0.05, 0.1) is 0 Å². The maximum absolute atomic E-state index is 14.2. The number of ether oxygens (including phenoxy) is 2. The number of carbonyl (C=O) groups is 1. The molecule has 0 spiro atoms. The van der Waals surface area contributed by atoms with Crippen LogP contribution in [0.3, 0.4) is 0 Å². The number of nitrogens with zero attached hydrogens (tertiary/aromatic N) is 1. The van der Waals surface area contributed by atoms with Crippen molar-refractivity contribution in [3.8, 4) is 11.5 Å². The molecule has 3 aromatic rings. The molecule has 0 aliphatic rings. The third kappa shape index (κ3) is 4.03. The Hall–Kier alpha value is -3.15. The fourth-order valence-electron chi connectivity index (χ4n) is 2.30. The van der Waals surface area contributed by atoms with E-state index >= 15 is 0 Å². The standard InChI is InChI=1S/C19H17FN2O3/c1-2-14-11-21-22-18(14)19(23)25-17-9-8-15(10-16(17)20)24-12-13-6-4-3-5-7-13/h3-11H,2,12H2,1H3,(H,21,22). The van der Waals surface area contributed by atoms with Crippen LogP contribution in [0.25, 0.3) is 0 Å². The zero-order chi connectivity index (χ0) is 17.6. The highest BCUT2D eigenvalue weighted by Crippen LogP contribution is 2.24. The predicted octanol–water partition coefficient (Wildman–Crippen LogP) is 3.91. The highest BCUT2D eigenvalue weighted by Gasteiger charge is 2.18. The molecule has 0 fully saturated rings. The number of carbonyl (C=O) groups excluding carboxylic acids is 1. The fraction of sp³-hybridized carbons (Fsp3) is 0.158. The molecule has 0 amide bonds. The molecule has 0 aliphatic heterocycles. The van der Waals surface area contributed by atoms with Crippen molar-refractivity contribution in [2.75, 3.05) is 0 Å². The minimum Gasteiger partial charge on any atom is -0.489 e. The van der Waals surface area contributed by atoms with Gasteiger partial charge in [-0.2, -0.15) is 5.10 Å². The summed E-state index contributed by atoms with van der Waals surface area (Å²) in [5, 5.41) is 6.45. The van der Waals surface area contributed by atoms with Gasteiger partial charge >= 0.3 is 5.97 Å². The molecule has 1 N–H and O–H groups in total. The number of hydrogen-bond donors (Lipinski definition) is 1. The lowest BCUT2D eigenvalue weighted by Gasteiger charge is -2.09. The summed E-state index contributed by atoms with van der Waals surface area (Å²) in [4.78, 5) is 12.1. The Morgan fingerprint density at radius 3 is 2.72 bits per heavy atom. The second kappa shape index (κ2) is 7.61. The van der Waals surface area contributed by atoms with Gasteiger partial charge in [0, 0.05) is 17.8 Å². The highest BCUT2D eigenvalue weighted by molar-refractivity contribution is 5.90. The summed E-state index contributed by atoms with van der Waals surface area (Å²) in [6, 6.07) is 13.7. The molecule has 2 aromatic carbocycles. The van der Waals surface area contributed by atoms with Crippen molar-refractivity contribution in [1.82, 2.24) is 10.2 Å². The van der Waals surface area contributed by atoms with Gasteiger partial charge in [0.2, 0.25) is 0 Å². The highest BCUT2D eigenvalue weighted by atomic mass is 19.1. The van der Waals surface area contributed by atoms with Crippen LogP contribution < -0.4 is 9.47 Å². The minimum absolute atomic E-state index is 0.159. The molecule has 0 bridgehead atoms. The van der Waals surface area contributed by atoms with Crippen LogP contribution in [0.15, 0.2) is 54.7 Å². The van der Waals surface area contributed by atoms with E-state index in [1.54, 1.807) is 12.3 Å².